The van der Waals surface area contributed by atoms with Gasteiger partial charge < -0.3 is 9.80 Å². The third-order valence-corrected chi connectivity index (χ3v) is 5.57. The molecule has 2 heterocycles. The van der Waals surface area contributed by atoms with E-state index < -0.39 is 0 Å². The van der Waals surface area contributed by atoms with Crippen molar-refractivity contribution in [2.75, 3.05) is 33.2 Å². The molecule has 4 nitrogen and oxygen atoms in total. The van der Waals surface area contributed by atoms with Crippen molar-refractivity contribution in [3.63, 3.8) is 0 Å². The predicted octanol–water partition coefficient (Wildman–Crippen LogP) is 2.44. The lowest BCUT2D eigenvalue weighted by molar-refractivity contribution is -0.140. The molecule has 2 aliphatic rings. The number of likely N-dealkylation sites (tertiary alicyclic amines) is 2. The molecule has 0 saturated carbocycles. The van der Waals surface area contributed by atoms with Crippen LogP contribution >= 0.6 is 0 Å². The number of carbonyl (C=O) groups excluding carboxylic acids is 1. The fourth-order valence-electron chi connectivity index (χ4n) is 4.00. The Balaban J connectivity index is 1.92. The number of piperidine rings is 1. The van der Waals surface area contributed by atoms with Crippen LogP contribution in [-0.4, -0.2) is 72.0 Å². The minimum atomic E-state index is 0.0170. The maximum atomic E-state index is 13.0. The Kier molecular flexibility index (Phi) is 6.27. The minimum Gasteiger partial charge on any atom is -0.341 e. The smallest absolute Gasteiger partial charge is 0.240 e. The number of hydrogen-bond donors (Lipinski definition) is 0. The van der Waals surface area contributed by atoms with Crippen LogP contribution < -0.4 is 0 Å². The van der Waals surface area contributed by atoms with Gasteiger partial charge in [0.2, 0.25) is 5.91 Å². The van der Waals surface area contributed by atoms with Gasteiger partial charge in [0.25, 0.3) is 0 Å². The monoisotopic (exact) mass is 309 g/mol. The summed E-state index contributed by atoms with van der Waals surface area (Å²) in [5, 5.41) is 0. The highest BCUT2D eigenvalue weighted by molar-refractivity contribution is 5.82. The highest BCUT2D eigenvalue weighted by Gasteiger charge is 2.34. The summed E-state index contributed by atoms with van der Waals surface area (Å²) in [5.41, 5.74) is 0. The molecule has 4 heteroatoms. The number of hydrogen-bond acceptors (Lipinski definition) is 3. The average Bonchev–Trinajstić information content (AvgIpc) is 3.01. The molecule has 2 rings (SSSR count). The van der Waals surface area contributed by atoms with Crippen molar-refractivity contribution in [2.24, 2.45) is 5.92 Å². The molecule has 2 fully saturated rings. The Morgan fingerprint density at radius 3 is 2.00 bits per heavy atom. The molecule has 0 radical (unpaired) electrons. The predicted molar refractivity (Wildman–Crippen MR) is 91.9 cm³/mol. The first-order valence-electron chi connectivity index (χ1n) is 9.16. The van der Waals surface area contributed by atoms with Crippen molar-refractivity contribution >= 4 is 5.91 Å². The molecule has 0 unspecified atom stereocenters. The van der Waals surface area contributed by atoms with E-state index in [-0.39, 0.29) is 6.04 Å². The number of nitrogens with zero attached hydrogens (tertiary/aromatic N) is 3. The van der Waals surface area contributed by atoms with E-state index in [0.29, 0.717) is 23.9 Å². The van der Waals surface area contributed by atoms with Crippen LogP contribution in [0, 0.1) is 5.92 Å². The van der Waals surface area contributed by atoms with Gasteiger partial charge in [0.15, 0.2) is 0 Å². The maximum absolute atomic E-state index is 13.0. The first-order chi connectivity index (χ1) is 10.4. The van der Waals surface area contributed by atoms with E-state index in [4.69, 9.17) is 0 Å². The van der Waals surface area contributed by atoms with Crippen molar-refractivity contribution in [1.82, 2.24) is 14.7 Å². The van der Waals surface area contributed by atoms with Crippen LogP contribution in [-0.2, 0) is 4.79 Å². The van der Waals surface area contributed by atoms with Crippen molar-refractivity contribution in [1.29, 1.82) is 0 Å². The van der Waals surface area contributed by atoms with E-state index in [1.165, 1.54) is 25.9 Å². The number of likely N-dealkylation sites (N-methyl/N-ethyl adjacent to an activating group) is 1. The van der Waals surface area contributed by atoms with Gasteiger partial charge in [-0.3, -0.25) is 9.69 Å². The Morgan fingerprint density at radius 2 is 1.55 bits per heavy atom. The van der Waals surface area contributed by atoms with Crippen LogP contribution in [0.3, 0.4) is 0 Å². The zero-order valence-electron chi connectivity index (χ0n) is 15.2. The third-order valence-electron chi connectivity index (χ3n) is 5.57. The fourth-order valence-corrected chi connectivity index (χ4v) is 4.00. The number of amides is 1. The molecule has 128 valence electrons. The SMILES string of the molecule is CC(C)[C@H](C(=O)N1CCC(N2CCCC2)CC1)N(C)C(C)C. The molecule has 0 N–H and O–H groups in total. The molecule has 0 aromatic carbocycles. The van der Waals surface area contributed by atoms with Crippen molar-refractivity contribution in [3.05, 3.63) is 0 Å². The topological polar surface area (TPSA) is 26.8 Å². The molecular formula is C18H35N3O. The molecule has 1 atom stereocenters. The van der Waals surface area contributed by atoms with Gasteiger partial charge in [-0.05, 0) is 65.6 Å². The molecular weight excluding hydrogens is 274 g/mol. The maximum Gasteiger partial charge on any atom is 0.240 e. The summed E-state index contributed by atoms with van der Waals surface area (Å²) in [7, 11) is 2.09. The van der Waals surface area contributed by atoms with Crippen LogP contribution in [0.4, 0.5) is 0 Å². The van der Waals surface area contributed by atoms with E-state index >= 15 is 0 Å². The van der Waals surface area contributed by atoms with Gasteiger partial charge in [0.1, 0.15) is 0 Å². The lowest BCUT2D eigenvalue weighted by atomic mass is 9.97. The van der Waals surface area contributed by atoms with Crippen LogP contribution in [0.15, 0.2) is 0 Å². The normalized spacial score (nSPS) is 23.0. The molecule has 0 spiro atoms. The van der Waals surface area contributed by atoms with Crippen LogP contribution in [0.5, 0.6) is 0 Å². The highest BCUT2D eigenvalue weighted by Crippen LogP contribution is 2.23. The Morgan fingerprint density at radius 1 is 1.00 bits per heavy atom. The zero-order chi connectivity index (χ0) is 16.3. The molecule has 1 amide bonds. The van der Waals surface area contributed by atoms with Gasteiger partial charge in [-0.2, -0.15) is 0 Å². The van der Waals surface area contributed by atoms with E-state index in [9.17, 15) is 4.79 Å². The van der Waals surface area contributed by atoms with Gasteiger partial charge >= 0.3 is 0 Å². The van der Waals surface area contributed by atoms with Gasteiger partial charge in [-0.15, -0.1) is 0 Å². The van der Waals surface area contributed by atoms with E-state index in [2.05, 4.69) is 49.4 Å². The van der Waals surface area contributed by atoms with Crippen LogP contribution in [0.2, 0.25) is 0 Å². The summed E-state index contributed by atoms with van der Waals surface area (Å²) in [6.45, 7) is 13.1. The highest BCUT2D eigenvalue weighted by atomic mass is 16.2. The molecule has 0 aliphatic carbocycles. The molecule has 0 aromatic heterocycles. The summed E-state index contributed by atoms with van der Waals surface area (Å²) in [6, 6.07) is 1.13. The van der Waals surface area contributed by atoms with Crippen molar-refractivity contribution < 1.29 is 4.79 Å². The largest absolute Gasteiger partial charge is 0.341 e. The summed E-state index contributed by atoms with van der Waals surface area (Å²) in [4.78, 5) is 20.0. The number of rotatable bonds is 5. The first kappa shape index (κ1) is 17.7. The lowest BCUT2D eigenvalue weighted by Crippen LogP contribution is -2.55. The quantitative estimate of drug-likeness (QED) is 0.780. The van der Waals surface area contributed by atoms with E-state index in [1.54, 1.807) is 0 Å². The average molecular weight is 309 g/mol. The second-order valence-corrected chi connectivity index (χ2v) is 7.75. The summed E-state index contributed by atoms with van der Waals surface area (Å²) >= 11 is 0. The standard InChI is InChI=1S/C18H35N3O/c1-14(2)17(19(5)15(3)4)18(22)21-12-8-16(9-13-21)20-10-6-7-11-20/h14-17H,6-13H2,1-5H3/t17-/m1/s1. The van der Waals surface area contributed by atoms with Crippen molar-refractivity contribution in [3.8, 4) is 0 Å². The van der Waals surface area contributed by atoms with Crippen LogP contribution in [0.25, 0.3) is 0 Å². The molecule has 2 saturated heterocycles. The molecule has 0 bridgehead atoms. The molecule has 22 heavy (non-hydrogen) atoms. The summed E-state index contributed by atoms with van der Waals surface area (Å²) in [6.07, 6.45) is 5.02. The van der Waals surface area contributed by atoms with Crippen molar-refractivity contribution in [2.45, 2.75) is 71.5 Å². The van der Waals surface area contributed by atoms with E-state index in [1.807, 2.05) is 0 Å². The van der Waals surface area contributed by atoms with Gasteiger partial charge in [0, 0.05) is 25.2 Å². The van der Waals surface area contributed by atoms with Crippen LogP contribution in [0.1, 0.15) is 53.4 Å². The second-order valence-electron chi connectivity index (χ2n) is 7.75. The summed E-state index contributed by atoms with van der Waals surface area (Å²) < 4.78 is 0. The van der Waals surface area contributed by atoms with Gasteiger partial charge in [-0.25, -0.2) is 0 Å². The Hall–Kier alpha value is -0.610. The zero-order valence-corrected chi connectivity index (χ0v) is 15.2. The second kappa shape index (κ2) is 7.78. The molecule has 2 aliphatic heterocycles. The molecule has 0 aromatic rings. The third kappa shape index (κ3) is 4.02. The fraction of sp³-hybridized carbons (Fsp3) is 0.944. The Labute approximate surface area is 136 Å². The number of carbonyl (C=O) groups is 1. The lowest BCUT2D eigenvalue weighted by Gasteiger charge is -2.41. The first-order valence-corrected chi connectivity index (χ1v) is 9.16. The summed E-state index contributed by atoms with van der Waals surface area (Å²) in [5.74, 6) is 0.697. The van der Waals surface area contributed by atoms with E-state index in [0.717, 1.165) is 25.9 Å². The van der Waals surface area contributed by atoms with Gasteiger partial charge in [0.05, 0.1) is 6.04 Å². The van der Waals surface area contributed by atoms with Gasteiger partial charge in [-0.1, -0.05) is 13.8 Å². The minimum absolute atomic E-state index is 0.0170. The Bertz CT molecular complexity index is 355.